The second kappa shape index (κ2) is 10.2. The number of nitrogens with zero attached hydrogens (tertiary/aromatic N) is 5. The number of rotatable bonds is 8. The highest BCUT2D eigenvalue weighted by Gasteiger charge is 2.22. The van der Waals surface area contributed by atoms with Gasteiger partial charge in [0.15, 0.2) is 5.69 Å². The topological polar surface area (TPSA) is 137 Å². The zero-order chi connectivity index (χ0) is 25.8. The average Bonchev–Trinajstić information content (AvgIpc) is 3.39. The summed E-state index contributed by atoms with van der Waals surface area (Å²) in [4.78, 5) is 36.8. The van der Waals surface area contributed by atoms with Gasteiger partial charge < -0.3 is 10.6 Å². The van der Waals surface area contributed by atoms with Crippen LogP contribution in [0.4, 0.5) is 17.1 Å². The Kier molecular flexibility index (Phi) is 6.91. The molecule has 2 heterocycles. The van der Waals surface area contributed by atoms with E-state index in [1.807, 2.05) is 19.1 Å². The van der Waals surface area contributed by atoms with Gasteiger partial charge in [-0.1, -0.05) is 30.3 Å². The van der Waals surface area contributed by atoms with Crippen molar-refractivity contribution in [2.45, 2.75) is 33.9 Å². The second-order valence-corrected chi connectivity index (χ2v) is 8.16. The quantitative estimate of drug-likeness (QED) is 0.283. The molecular weight excluding hydrogens is 462 g/mol. The fraction of sp³-hybridized carbons (Fsp3) is 0.200. The number of hydrogen-bond acceptors (Lipinski definition) is 6. The van der Waals surface area contributed by atoms with Crippen LogP contribution in [0.5, 0.6) is 0 Å². The summed E-state index contributed by atoms with van der Waals surface area (Å²) in [5.41, 5.74) is 2.86. The summed E-state index contributed by atoms with van der Waals surface area (Å²) in [6.07, 6.45) is 1.61. The van der Waals surface area contributed by atoms with Gasteiger partial charge in [0.05, 0.1) is 17.2 Å². The third kappa shape index (κ3) is 5.14. The molecule has 4 aromatic rings. The molecule has 0 aliphatic carbocycles. The van der Waals surface area contributed by atoms with Gasteiger partial charge in [-0.2, -0.15) is 10.2 Å². The van der Waals surface area contributed by atoms with Crippen LogP contribution in [0.3, 0.4) is 0 Å². The molecule has 2 aromatic carbocycles. The van der Waals surface area contributed by atoms with Gasteiger partial charge in [0, 0.05) is 24.0 Å². The van der Waals surface area contributed by atoms with Gasteiger partial charge in [0.1, 0.15) is 11.4 Å². The monoisotopic (exact) mass is 487 g/mol. The Morgan fingerprint density at radius 3 is 2.42 bits per heavy atom. The van der Waals surface area contributed by atoms with Crippen LogP contribution in [-0.4, -0.2) is 36.3 Å². The number of nitro groups is 1. The molecule has 0 aliphatic rings. The molecule has 0 saturated heterocycles. The number of hydrogen-bond donors (Lipinski definition) is 2. The van der Waals surface area contributed by atoms with Crippen LogP contribution in [-0.2, 0) is 13.1 Å². The summed E-state index contributed by atoms with van der Waals surface area (Å²) in [7, 11) is 0. The number of carbonyl (C=O) groups excluding carboxylic acids is 2. The molecule has 184 valence electrons. The Labute approximate surface area is 206 Å². The molecule has 11 heteroatoms. The summed E-state index contributed by atoms with van der Waals surface area (Å²) in [6.45, 7) is 5.89. The fourth-order valence-corrected chi connectivity index (χ4v) is 3.84. The van der Waals surface area contributed by atoms with Crippen molar-refractivity contribution in [2.24, 2.45) is 0 Å². The highest BCUT2D eigenvalue weighted by molar-refractivity contribution is 6.11. The third-order valence-electron chi connectivity index (χ3n) is 5.63. The highest BCUT2D eigenvalue weighted by Crippen LogP contribution is 2.23. The smallest absolute Gasteiger partial charge is 0.312 e. The summed E-state index contributed by atoms with van der Waals surface area (Å²) in [5.74, 6) is -0.857. The Morgan fingerprint density at radius 2 is 1.75 bits per heavy atom. The van der Waals surface area contributed by atoms with Gasteiger partial charge in [0.2, 0.25) is 0 Å². The molecule has 0 spiro atoms. The first-order valence-corrected chi connectivity index (χ1v) is 11.3. The van der Waals surface area contributed by atoms with E-state index in [2.05, 4.69) is 20.8 Å². The number of aromatic nitrogens is 4. The van der Waals surface area contributed by atoms with Crippen molar-refractivity contribution >= 4 is 28.9 Å². The summed E-state index contributed by atoms with van der Waals surface area (Å²) in [5, 5.41) is 25.4. The Bertz CT molecular complexity index is 1440. The third-order valence-corrected chi connectivity index (χ3v) is 5.63. The molecule has 36 heavy (non-hydrogen) atoms. The first-order chi connectivity index (χ1) is 17.3. The molecule has 0 atom stereocenters. The molecule has 2 aromatic heterocycles. The van der Waals surface area contributed by atoms with E-state index in [9.17, 15) is 19.7 Å². The van der Waals surface area contributed by atoms with Crippen molar-refractivity contribution in [2.75, 3.05) is 10.6 Å². The van der Waals surface area contributed by atoms with Crippen LogP contribution in [0.25, 0.3) is 0 Å². The lowest BCUT2D eigenvalue weighted by atomic mass is 10.1. The molecule has 2 amide bonds. The SMILES string of the molecule is CCn1cc(NC(=O)c2cccc(Cn3nc(C)c([N+](=O)[O-])c3C)c2)c(C(=O)Nc2ccccc2)n1. The number of para-hydroxylation sites is 1. The molecule has 0 aliphatic heterocycles. The maximum atomic E-state index is 13.1. The molecule has 0 radical (unpaired) electrons. The maximum absolute atomic E-state index is 13.1. The van der Waals surface area contributed by atoms with Crippen molar-refractivity contribution in [3.8, 4) is 0 Å². The number of anilines is 2. The van der Waals surface area contributed by atoms with Crippen LogP contribution < -0.4 is 10.6 Å². The highest BCUT2D eigenvalue weighted by atomic mass is 16.6. The lowest BCUT2D eigenvalue weighted by Gasteiger charge is -2.09. The first kappa shape index (κ1) is 24.3. The van der Waals surface area contributed by atoms with Crippen molar-refractivity contribution in [3.63, 3.8) is 0 Å². The van der Waals surface area contributed by atoms with Gasteiger partial charge in [-0.3, -0.25) is 29.1 Å². The fourth-order valence-electron chi connectivity index (χ4n) is 3.84. The zero-order valence-electron chi connectivity index (χ0n) is 20.1. The van der Waals surface area contributed by atoms with Gasteiger partial charge >= 0.3 is 5.69 Å². The van der Waals surface area contributed by atoms with E-state index in [1.165, 1.54) is 0 Å². The molecule has 0 saturated carbocycles. The van der Waals surface area contributed by atoms with Gasteiger partial charge in [-0.25, -0.2) is 0 Å². The van der Waals surface area contributed by atoms with Gasteiger partial charge in [0.25, 0.3) is 11.8 Å². The van der Waals surface area contributed by atoms with Gasteiger partial charge in [-0.05, 0) is 50.6 Å². The number of carbonyl (C=O) groups is 2. The largest absolute Gasteiger partial charge is 0.321 e. The Hall–Kier alpha value is -4.80. The van der Waals surface area contributed by atoms with Crippen LogP contribution >= 0.6 is 0 Å². The molecule has 4 rings (SSSR count). The molecule has 2 N–H and O–H groups in total. The minimum absolute atomic E-state index is 0.0156. The lowest BCUT2D eigenvalue weighted by Crippen LogP contribution is -2.18. The standard InChI is InChI=1S/C25H25N7O4/c1-4-30-15-21(22(29-30)25(34)26-20-11-6-5-7-12-20)27-24(33)19-10-8-9-18(13-19)14-31-17(3)23(32(35)36)16(2)28-31/h5-13,15H,4,14H2,1-3H3,(H,26,34)(H,27,33). The van der Waals surface area contributed by atoms with E-state index in [-0.39, 0.29) is 23.6 Å². The van der Waals surface area contributed by atoms with Crippen LogP contribution in [0.1, 0.15) is 44.7 Å². The first-order valence-electron chi connectivity index (χ1n) is 11.3. The van der Waals surface area contributed by atoms with Gasteiger partial charge in [-0.15, -0.1) is 0 Å². The van der Waals surface area contributed by atoms with Crippen LogP contribution in [0, 0.1) is 24.0 Å². The molecule has 11 nitrogen and oxygen atoms in total. The second-order valence-electron chi connectivity index (χ2n) is 8.16. The average molecular weight is 488 g/mol. The summed E-state index contributed by atoms with van der Waals surface area (Å²) in [6, 6.07) is 15.8. The zero-order valence-corrected chi connectivity index (χ0v) is 20.1. The van der Waals surface area contributed by atoms with E-state index in [0.717, 1.165) is 5.56 Å². The maximum Gasteiger partial charge on any atom is 0.312 e. The normalized spacial score (nSPS) is 10.8. The van der Waals surface area contributed by atoms with E-state index in [0.29, 0.717) is 29.2 Å². The van der Waals surface area contributed by atoms with Crippen molar-refractivity contribution in [1.82, 2.24) is 19.6 Å². The van der Waals surface area contributed by atoms with Crippen molar-refractivity contribution in [3.05, 3.63) is 99.1 Å². The van der Waals surface area contributed by atoms with Crippen LogP contribution in [0.15, 0.2) is 60.8 Å². The molecule has 0 unspecified atom stereocenters. The molecular formula is C25H25N7O4. The predicted octanol–water partition coefficient (Wildman–Crippen LogP) is 4.18. The Balaban J connectivity index is 1.54. The van der Waals surface area contributed by atoms with Crippen molar-refractivity contribution in [1.29, 1.82) is 0 Å². The van der Waals surface area contributed by atoms with Crippen molar-refractivity contribution < 1.29 is 14.5 Å². The predicted molar refractivity (Wildman–Crippen MR) is 134 cm³/mol. The number of amides is 2. The lowest BCUT2D eigenvalue weighted by molar-refractivity contribution is -0.386. The van der Waals surface area contributed by atoms with E-state index in [4.69, 9.17) is 0 Å². The number of aryl methyl sites for hydroxylation is 2. The molecule has 0 fully saturated rings. The molecule has 0 bridgehead atoms. The van der Waals surface area contributed by atoms with E-state index >= 15 is 0 Å². The summed E-state index contributed by atoms with van der Waals surface area (Å²) >= 11 is 0. The Morgan fingerprint density at radius 1 is 1.00 bits per heavy atom. The van der Waals surface area contributed by atoms with Crippen LogP contribution in [0.2, 0.25) is 0 Å². The number of nitrogens with one attached hydrogen (secondary N) is 2. The van der Waals surface area contributed by atoms with E-state index in [1.54, 1.807) is 71.9 Å². The minimum atomic E-state index is -0.444. The van der Waals surface area contributed by atoms with E-state index < -0.39 is 16.7 Å². The number of benzene rings is 2. The minimum Gasteiger partial charge on any atom is -0.321 e. The summed E-state index contributed by atoms with van der Waals surface area (Å²) < 4.78 is 3.11.